The van der Waals surface area contributed by atoms with Crippen LogP contribution in [-0.4, -0.2) is 35.0 Å². The molecule has 1 aliphatic carbocycles. The lowest BCUT2D eigenvalue weighted by Crippen LogP contribution is -2.28. The van der Waals surface area contributed by atoms with Crippen molar-refractivity contribution in [2.45, 2.75) is 19.3 Å². The van der Waals surface area contributed by atoms with Crippen LogP contribution in [0.15, 0.2) is 68.6 Å². The van der Waals surface area contributed by atoms with Crippen LogP contribution >= 0.6 is 0 Å². The lowest BCUT2D eigenvalue weighted by molar-refractivity contribution is -0.121. The topological polar surface area (TPSA) is 122 Å². The molecule has 2 amide bonds. The first-order valence-electron chi connectivity index (χ1n) is 10.3. The van der Waals surface area contributed by atoms with Crippen LogP contribution in [0.25, 0.3) is 11.4 Å². The third-order valence-corrected chi connectivity index (χ3v) is 4.99. The van der Waals surface area contributed by atoms with Gasteiger partial charge in [-0.2, -0.15) is 4.98 Å². The molecular weight excluding hydrogens is 434 g/mol. The second-order valence-electron chi connectivity index (χ2n) is 7.33. The molecule has 2 aromatic rings. The highest BCUT2D eigenvalue weighted by Crippen LogP contribution is 2.27. The van der Waals surface area contributed by atoms with Crippen LogP contribution in [0.5, 0.6) is 0 Å². The molecule has 0 spiro atoms. The van der Waals surface area contributed by atoms with E-state index >= 15 is 0 Å². The van der Waals surface area contributed by atoms with Crippen molar-refractivity contribution in [2.75, 3.05) is 13.1 Å². The summed E-state index contributed by atoms with van der Waals surface area (Å²) in [6.45, 7) is 0.978. The molecule has 4 rings (SSSR count). The van der Waals surface area contributed by atoms with E-state index in [0.29, 0.717) is 25.3 Å². The molecule has 0 bridgehead atoms. The molecular formula is C22H20F2N6O3. The number of hydrogen-bond acceptors (Lipinski definition) is 7. The van der Waals surface area contributed by atoms with E-state index in [0.717, 1.165) is 17.7 Å². The number of benzene rings is 1. The maximum absolute atomic E-state index is 13.3. The molecule has 0 saturated heterocycles. The van der Waals surface area contributed by atoms with Crippen molar-refractivity contribution in [3.63, 3.8) is 0 Å². The van der Waals surface area contributed by atoms with E-state index in [-0.39, 0.29) is 41.9 Å². The summed E-state index contributed by atoms with van der Waals surface area (Å²) in [4.78, 5) is 28.0. The van der Waals surface area contributed by atoms with Gasteiger partial charge in [0.25, 0.3) is 5.91 Å². The summed E-state index contributed by atoms with van der Waals surface area (Å²) in [5, 5.41) is 17.3. The Morgan fingerprint density at radius 2 is 2.00 bits per heavy atom. The number of fused-ring (bicyclic) bond motifs is 1. The predicted molar refractivity (Wildman–Crippen MR) is 112 cm³/mol. The highest BCUT2D eigenvalue weighted by Gasteiger charge is 2.26. The molecule has 0 saturated carbocycles. The number of hydrogen-bond donors (Lipinski definition) is 2. The van der Waals surface area contributed by atoms with E-state index in [9.17, 15) is 18.4 Å². The van der Waals surface area contributed by atoms with Crippen molar-refractivity contribution in [1.82, 2.24) is 20.8 Å². The normalized spacial score (nSPS) is 16.8. The molecule has 1 unspecified atom stereocenters. The molecule has 11 heteroatoms. The number of aryl methyl sites for hydroxylation is 1. The largest absolute Gasteiger partial charge is 0.368 e. The molecule has 2 N–H and O–H groups in total. The highest BCUT2D eigenvalue weighted by molar-refractivity contribution is 5.86. The SMILES string of the molecule is O=C(CCc1nc(-c2ccc(F)c(F)c2)no1)NCCCNC1=C2C=CC=CC2C(=O)N=N1. The number of aromatic nitrogens is 2. The van der Waals surface area contributed by atoms with E-state index in [1.807, 2.05) is 12.2 Å². The molecule has 9 nitrogen and oxygen atoms in total. The third-order valence-electron chi connectivity index (χ3n) is 4.99. The van der Waals surface area contributed by atoms with Crippen LogP contribution in [0.3, 0.4) is 0 Å². The lowest BCUT2D eigenvalue weighted by Gasteiger charge is -2.20. The fourth-order valence-corrected chi connectivity index (χ4v) is 3.28. The fourth-order valence-electron chi connectivity index (χ4n) is 3.28. The number of nitrogens with zero attached hydrogens (tertiary/aromatic N) is 4. The Bertz CT molecular complexity index is 1180. The summed E-state index contributed by atoms with van der Waals surface area (Å²) >= 11 is 0. The number of amides is 2. The molecule has 0 fully saturated rings. The average molecular weight is 454 g/mol. The summed E-state index contributed by atoms with van der Waals surface area (Å²) in [5.74, 6) is -1.94. The molecule has 1 atom stereocenters. The molecule has 170 valence electrons. The molecule has 2 aliphatic rings. The van der Waals surface area contributed by atoms with Gasteiger partial charge in [0.05, 0.1) is 5.92 Å². The Morgan fingerprint density at radius 3 is 2.85 bits per heavy atom. The Labute approximate surface area is 187 Å². The van der Waals surface area contributed by atoms with Crippen LogP contribution in [0, 0.1) is 17.6 Å². The number of halogens is 2. The maximum atomic E-state index is 13.3. The van der Waals surface area contributed by atoms with Crippen molar-refractivity contribution < 1.29 is 22.9 Å². The molecule has 1 aromatic carbocycles. The number of nitrogens with one attached hydrogen (secondary N) is 2. The zero-order valence-corrected chi connectivity index (χ0v) is 17.4. The van der Waals surface area contributed by atoms with Crippen molar-refractivity contribution in [3.8, 4) is 11.4 Å². The first-order chi connectivity index (χ1) is 16.0. The minimum atomic E-state index is -1.00. The van der Waals surface area contributed by atoms with Gasteiger partial charge in [-0.3, -0.25) is 9.59 Å². The van der Waals surface area contributed by atoms with Gasteiger partial charge < -0.3 is 15.2 Å². The molecule has 33 heavy (non-hydrogen) atoms. The Morgan fingerprint density at radius 1 is 1.12 bits per heavy atom. The minimum absolute atomic E-state index is 0.123. The Kier molecular flexibility index (Phi) is 6.77. The van der Waals surface area contributed by atoms with E-state index in [2.05, 4.69) is 31.0 Å². The molecule has 1 aromatic heterocycles. The fraction of sp³-hybridized carbons (Fsp3) is 0.273. The van der Waals surface area contributed by atoms with Crippen molar-refractivity contribution in [3.05, 3.63) is 71.4 Å². The molecule has 2 heterocycles. The van der Waals surface area contributed by atoms with Crippen molar-refractivity contribution in [2.24, 2.45) is 16.1 Å². The Hall–Kier alpha value is -4.02. The van der Waals surface area contributed by atoms with Gasteiger partial charge in [0.2, 0.25) is 17.6 Å². The van der Waals surface area contributed by atoms with Crippen LogP contribution < -0.4 is 10.6 Å². The highest BCUT2D eigenvalue weighted by atomic mass is 19.2. The first-order valence-corrected chi connectivity index (χ1v) is 10.3. The van der Waals surface area contributed by atoms with Gasteiger partial charge in [-0.15, -0.1) is 10.2 Å². The lowest BCUT2D eigenvalue weighted by atomic mass is 9.93. The van der Waals surface area contributed by atoms with Gasteiger partial charge in [0.1, 0.15) is 0 Å². The summed E-state index contributed by atoms with van der Waals surface area (Å²) in [6, 6.07) is 3.31. The van der Waals surface area contributed by atoms with Gasteiger partial charge >= 0.3 is 0 Å². The van der Waals surface area contributed by atoms with Crippen molar-refractivity contribution in [1.29, 1.82) is 0 Å². The number of carbonyl (C=O) groups excluding carboxylic acids is 2. The van der Waals surface area contributed by atoms with Crippen LogP contribution in [0.2, 0.25) is 0 Å². The first kappa shape index (κ1) is 22.2. The van der Waals surface area contributed by atoms with E-state index in [1.165, 1.54) is 6.07 Å². The number of carbonyl (C=O) groups is 2. The zero-order valence-electron chi connectivity index (χ0n) is 17.4. The zero-order chi connectivity index (χ0) is 23.2. The standard InChI is InChI=1S/C22H20F2N6O3/c23-16-7-6-13(12-17(16)24)20-27-19(33-30-20)9-8-18(31)25-10-3-11-26-21-14-4-1-2-5-15(14)22(32)29-28-21/h1-2,4-7,12,15,26H,3,8-11H2,(H,25,31). The third kappa shape index (κ3) is 5.43. The summed E-state index contributed by atoms with van der Waals surface area (Å²) in [6.07, 6.45) is 8.24. The van der Waals surface area contributed by atoms with Crippen molar-refractivity contribution >= 4 is 11.8 Å². The monoisotopic (exact) mass is 454 g/mol. The minimum Gasteiger partial charge on any atom is -0.368 e. The van der Waals surface area contributed by atoms with E-state index in [4.69, 9.17) is 4.52 Å². The van der Waals surface area contributed by atoms with Crippen LogP contribution in [0.4, 0.5) is 8.78 Å². The van der Waals surface area contributed by atoms with Gasteiger partial charge in [0, 0.05) is 37.1 Å². The maximum Gasteiger partial charge on any atom is 0.276 e. The van der Waals surface area contributed by atoms with Gasteiger partial charge in [0.15, 0.2) is 17.5 Å². The molecule has 1 aliphatic heterocycles. The second kappa shape index (κ2) is 10.1. The van der Waals surface area contributed by atoms with E-state index in [1.54, 1.807) is 12.2 Å². The van der Waals surface area contributed by atoms with Crippen LogP contribution in [0.1, 0.15) is 18.7 Å². The van der Waals surface area contributed by atoms with Gasteiger partial charge in [-0.05, 0) is 24.6 Å². The summed E-state index contributed by atoms with van der Waals surface area (Å²) < 4.78 is 31.5. The summed E-state index contributed by atoms with van der Waals surface area (Å²) in [5.41, 5.74) is 1.06. The number of rotatable bonds is 9. The smallest absolute Gasteiger partial charge is 0.276 e. The average Bonchev–Trinajstić information content (AvgIpc) is 3.30. The molecule has 0 radical (unpaired) electrons. The van der Waals surface area contributed by atoms with Gasteiger partial charge in [-0.25, -0.2) is 8.78 Å². The Balaban J connectivity index is 1.17. The van der Waals surface area contributed by atoms with E-state index < -0.39 is 17.6 Å². The summed E-state index contributed by atoms with van der Waals surface area (Å²) in [7, 11) is 0. The number of allylic oxidation sites excluding steroid dienone is 3. The second-order valence-corrected chi connectivity index (χ2v) is 7.33. The number of azo groups is 1. The van der Waals surface area contributed by atoms with Gasteiger partial charge in [-0.1, -0.05) is 29.5 Å². The quantitative estimate of drug-likeness (QED) is 0.562. The predicted octanol–water partition coefficient (Wildman–Crippen LogP) is 2.99. The van der Waals surface area contributed by atoms with Crippen LogP contribution in [-0.2, 0) is 16.0 Å².